The summed E-state index contributed by atoms with van der Waals surface area (Å²) in [7, 11) is 0. The fraction of sp³-hybridized carbons (Fsp3) is 0.273. The standard InChI is InChI=1S/C11H10ClN3O2/c1-2-17-11(16)10(7-13)15-14-9-6-4-3-5-8(9)12/h3-6,10H,2H2,1H3. The Labute approximate surface area is 104 Å². The quantitative estimate of drug-likeness (QED) is 0.610. The minimum atomic E-state index is -1.26. The number of rotatable bonds is 4. The van der Waals surface area contributed by atoms with Crippen LogP contribution in [0.5, 0.6) is 0 Å². The zero-order valence-corrected chi connectivity index (χ0v) is 9.89. The lowest BCUT2D eigenvalue weighted by molar-refractivity contribution is -0.143. The van der Waals surface area contributed by atoms with Gasteiger partial charge in [-0.05, 0) is 19.1 Å². The molecule has 0 spiro atoms. The molecule has 88 valence electrons. The second kappa shape index (κ2) is 6.61. The second-order valence-electron chi connectivity index (χ2n) is 2.95. The van der Waals surface area contributed by atoms with Crippen molar-refractivity contribution < 1.29 is 9.53 Å². The largest absolute Gasteiger partial charge is 0.464 e. The van der Waals surface area contributed by atoms with Crippen molar-refractivity contribution in [1.82, 2.24) is 0 Å². The molecule has 0 radical (unpaired) electrons. The highest BCUT2D eigenvalue weighted by molar-refractivity contribution is 6.32. The smallest absolute Gasteiger partial charge is 0.347 e. The van der Waals surface area contributed by atoms with Crippen LogP contribution in [0.3, 0.4) is 0 Å². The molecule has 1 aromatic rings. The summed E-state index contributed by atoms with van der Waals surface area (Å²) in [5, 5.41) is 16.5. The lowest BCUT2D eigenvalue weighted by atomic mass is 10.3. The molecule has 17 heavy (non-hydrogen) atoms. The molecule has 6 heteroatoms. The molecule has 1 rings (SSSR count). The molecule has 0 aliphatic heterocycles. The highest BCUT2D eigenvalue weighted by Gasteiger charge is 2.18. The molecule has 0 heterocycles. The third kappa shape index (κ3) is 3.85. The first-order chi connectivity index (χ1) is 8.19. The number of halogens is 1. The number of ether oxygens (including phenoxy) is 1. The third-order valence-electron chi connectivity index (χ3n) is 1.77. The Kier molecular flexibility index (Phi) is 5.11. The van der Waals surface area contributed by atoms with E-state index in [1.807, 2.05) is 0 Å². The summed E-state index contributed by atoms with van der Waals surface area (Å²) >= 11 is 5.84. The van der Waals surface area contributed by atoms with Gasteiger partial charge in [-0.15, -0.1) is 0 Å². The Morgan fingerprint density at radius 1 is 1.59 bits per heavy atom. The van der Waals surface area contributed by atoms with Crippen molar-refractivity contribution in [3.63, 3.8) is 0 Å². The highest BCUT2D eigenvalue weighted by Crippen LogP contribution is 2.24. The van der Waals surface area contributed by atoms with E-state index in [1.54, 1.807) is 37.3 Å². The monoisotopic (exact) mass is 251 g/mol. The number of hydrogen-bond acceptors (Lipinski definition) is 5. The van der Waals surface area contributed by atoms with Gasteiger partial charge in [0.1, 0.15) is 11.8 Å². The van der Waals surface area contributed by atoms with Gasteiger partial charge in [0.25, 0.3) is 6.04 Å². The number of carbonyl (C=O) groups excluding carboxylic acids is 1. The van der Waals surface area contributed by atoms with Crippen LogP contribution in [0.15, 0.2) is 34.5 Å². The molecule has 5 nitrogen and oxygen atoms in total. The van der Waals surface area contributed by atoms with Crippen LogP contribution in [0, 0.1) is 11.3 Å². The van der Waals surface area contributed by atoms with Gasteiger partial charge in [0, 0.05) is 0 Å². The normalized spacial score (nSPS) is 12.1. The van der Waals surface area contributed by atoms with Crippen molar-refractivity contribution in [3.05, 3.63) is 29.3 Å². The highest BCUT2D eigenvalue weighted by atomic mass is 35.5. The molecule has 1 aromatic carbocycles. The second-order valence-corrected chi connectivity index (χ2v) is 3.36. The Hall–Kier alpha value is -1.93. The van der Waals surface area contributed by atoms with Gasteiger partial charge in [0.05, 0.1) is 11.6 Å². The number of azo groups is 1. The first-order valence-corrected chi connectivity index (χ1v) is 5.28. The molecule has 0 amide bonds. The van der Waals surface area contributed by atoms with E-state index >= 15 is 0 Å². The molecule has 0 N–H and O–H groups in total. The van der Waals surface area contributed by atoms with E-state index in [9.17, 15) is 4.79 Å². The van der Waals surface area contributed by atoms with E-state index < -0.39 is 12.0 Å². The van der Waals surface area contributed by atoms with Gasteiger partial charge in [-0.25, -0.2) is 4.79 Å². The van der Waals surface area contributed by atoms with E-state index in [0.717, 1.165) is 0 Å². The molecule has 0 saturated carbocycles. The van der Waals surface area contributed by atoms with Crippen molar-refractivity contribution in [2.75, 3.05) is 6.61 Å². The van der Waals surface area contributed by atoms with Gasteiger partial charge < -0.3 is 4.74 Å². The van der Waals surface area contributed by atoms with Crippen LogP contribution in [0.4, 0.5) is 5.69 Å². The average Bonchev–Trinajstić information content (AvgIpc) is 2.32. The number of nitrogens with zero attached hydrogens (tertiary/aromatic N) is 3. The lowest BCUT2D eigenvalue weighted by Crippen LogP contribution is -2.19. The van der Waals surface area contributed by atoms with Gasteiger partial charge in [-0.2, -0.15) is 15.5 Å². The van der Waals surface area contributed by atoms with Gasteiger partial charge in [0.2, 0.25) is 0 Å². The Bertz CT molecular complexity index is 468. The first kappa shape index (κ1) is 13.1. The van der Waals surface area contributed by atoms with E-state index in [2.05, 4.69) is 15.0 Å². The Morgan fingerprint density at radius 2 is 2.29 bits per heavy atom. The molecule has 1 unspecified atom stereocenters. The third-order valence-corrected chi connectivity index (χ3v) is 2.09. The number of benzene rings is 1. The van der Waals surface area contributed by atoms with Crippen molar-refractivity contribution in [2.45, 2.75) is 13.0 Å². The van der Waals surface area contributed by atoms with Crippen LogP contribution < -0.4 is 0 Å². The molecule has 0 aliphatic rings. The fourth-order valence-corrected chi connectivity index (χ4v) is 1.17. The molecule has 0 aliphatic carbocycles. The van der Waals surface area contributed by atoms with Crippen LogP contribution >= 0.6 is 11.6 Å². The minimum absolute atomic E-state index is 0.193. The van der Waals surface area contributed by atoms with Gasteiger partial charge in [0.15, 0.2) is 0 Å². The first-order valence-electron chi connectivity index (χ1n) is 4.90. The Balaban J connectivity index is 2.79. The summed E-state index contributed by atoms with van der Waals surface area (Å²) in [5.41, 5.74) is 0.402. The predicted octanol–water partition coefficient (Wildman–Crippen LogP) is 2.88. The maximum absolute atomic E-state index is 11.2. The zero-order valence-electron chi connectivity index (χ0n) is 9.13. The number of esters is 1. The van der Waals surface area contributed by atoms with Crippen LogP contribution in [0.1, 0.15) is 6.92 Å². The molecule has 0 saturated heterocycles. The number of nitriles is 1. The maximum atomic E-state index is 11.2. The Morgan fingerprint density at radius 3 is 2.88 bits per heavy atom. The lowest BCUT2D eigenvalue weighted by Gasteiger charge is -2.02. The van der Waals surface area contributed by atoms with Gasteiger partial charge in [-0.3, -0.25) is 0 Å². The van der Waals surface area contributed by atoms with Crippen LogP contribution in [-0.4, -0.2) is 18.6 Å². The number of hydrogen-bond donors (Lipinski definition) is 0. The molecular weight excluding hydrogens is 242 g/mol. The minimum Gasteiger partial charge on any atom is -0.464 e. The summed E-state index contributed by atoms with van der Waals surface area (Å²) in [5.74, 6) is -0.717. The average molecular weight is 252 g/mol. The fourth-order valence-electron chi connectivity index (χ4n) is 1.000. The van der Waals surface area contributed by atoms with Crippen molar-refractivity contribution >= 4 is 23.3 Å². The molecular formula is C11H10ClN3O2. The van der Waals surface area contributed by atoms with Crippen LogP contribution in [0.25, 0.3) is 0 Å². The summed E-state index contributed by atoms with van der Waals surface area (Å²) in [6, 6.07) is 7.18. The molecule has 1 atom stereocenters. The van der Waals surface area contributed by atoms with E-state index in [4.69, 9.17) is 16.9 Å². The summed E-state index contributed by atoms with van der Waals surface area (Å²) in [6.45, 7) is 1.84. The predicted molar refractivity (Wildman–Crippen MR) is 62.0 cm³/mol. The van der Waals surface area contributed by atoms with E-state index in [1.165, 1.54) is 0 Å². The van der Waals surface area contributed by atoms with Gasteiger partial charge in [-0.1, -0.05) is 23.7 Å². The molecule has 0 bridgehead atoms. The molecule has 0 aromatic heterocycles. The van der Waals surface area contributed by atoms with Crippen molar-refractivity contribution in [3.8, 4) is 6.07 Å². The summed E-state index contributed by atoms with van der Waals surface area (Å²) in [6.07, 6.45) is 0. The summed E-state index contributed by atoms with van der Waals surface area (Å²) in [4.78, 5) is 11.2. The van der Waals surface area contributed by atoms with Crippen molar-refractivity contribution in [2.24, 2.45) is 10.2 Å². The SMILES string of the molecule is CCOC(=O)C(C#N)N=Nc1ccccc1Cl. The van der Waals surface area contributed by atoms with Gasteiger partial charge >= 0.3 is 5.97 Å². The topological polar surface area (TPSA) is 74.8 Å². The summed E-state index contributed by atoms with van der Waals surface area (Å²) < 4.78 is 4.67. The molecule has 0 fully saturated rings. The van der Waals surface area contributed by atoms with E-state index in [0.29, 0.717) is 10.7 Å². The van der Waals surface area contributed by atoms with Crippen LogP contribution in [0.2, 0.25) is 5.02 Å². The maximum Gasteiger partial charge on any atom is 0.347 e. The van der Waals surface area contributed by atoms with E-state index in [-0.39, 0.29) is 6.61 Å². The zero-order chi connectivity index (χ0) is 12.7. The van der Waals surface area contributed by atoms with Crippen LogP contribution in [-0.2, 0) is 9.53 Å². The number of carbonyl (C=O) groups is 1. The van der Waals surface area contributed by atoms with Crippen molar-refractivity contribution in [1.29, 1.82) is 5.26 Å².